The normalized spacial score (nSPS) is 22.6. The predicted octanol–water partition coefficient (Wildman–Crippen LogP) is 8.78. The molecule has 0 heterocycles. The first kappa shape index (κ1) is 55.8. The Morgan fingerprint density at radius 1 is 0.517 bits per heavy atom. The van der Waals surface area contributed by atoms with Crippen molar-refractivity contribution >= 4 is 19.8 Å². The molecule has 13 nitrogen and oxygen atoms in total. The highest BCUT2D eigenvalue weighted by Gasteiger charge is 2.51. The van der Waals surface area contributed by atoms with Gasteiger partial charge in [-0.05, 0) is 77.0 Å². The Labute approximate surface area is 360 Å². The van der Waals surface area contributed by atoms with E-state index in [2.05, 4.69) is 62.5 Å². The number of aliphatic hydroxyl groups is 5. The lowest BCUT2D eigenvalue weighted by atomic mass is 9.85. The molecule has 0 aliphatic heterocycles. The minimum Gasteiger partial charge on any atom is -0.462 e. The second-order valence-corrected chi connectivity index (χ2v) is 17.3. The molecule has 1 aliphatic carbocycles. The maximum Gasteiger partial charge on any atom is 0.472 e. The topological polar surface area (TPSA) is 210 Å². The van der Waals surface area contributed by atoms with Gasteiger partial charge in [0.2, 0.25) is 0 Å². The average Bonchev–Trinajstić information content (AvgIpc) is 3.23. The molecule has 6 unspecified atom stereocenters. The Balaban J connectivity index is 2.49. The summed E-state index contributed by atoms with van der Waals surface area (Å²) in [4.78, 5) is 35.7. The van der Waals surface area contributed by atoms with E-state index in [1.807, 2.05) is 0 Å². The number of hydrogen-bond donors (Lipinski definition) is 6. The quantitative estimate of drug-likeness (QED) is 0.0149. The van der Waals surface area contributed by atoms with E-state index in [4.69, 9.17) is 18.5 Å². The molecule has 8 atom stereocenters. The molecule has 0 bridgehead atoms. The lowest BCUT2D eigenvalue weighted by Crippen LogP contribution is -2.64. The first-order chi connectivity index (χ1) is 28.9. The molecule has 60 heavy (non-hydrogen) atoms. The highest BCUT2D eigenvalue weighted by atomic mass is 31.2. The third-order valence-corrected chi connectivity index (χ3v) is 11.4. The summed E-state index contributed by atoms with van der Waals surface area (Å²) < 4.78 is 33.5. The largest absolute Gasteiger partial charge is 0.472 e. The van der Waals surface area contributed by atoms with Crippen LogP contribution in [0.2, 0.25) is 0 Å². The van der Waals surface area contributed by atoms with Crippen molar-refractivity contribution in [2.24, 2.45) is 0 Å². The molecule has 348 valence electrons. The number of ether oxygens (including phenoxy) is 2. The van der Waals surface area contributed by atoms with Gasteiger partial charge in [0.1, 0.15) is 43.2 Å². The summed E-state index contributed by atoms with van der Waals surface area (Å²) in [7, 11) is -5.12. The molecule has 0 aromatic heterocycles. The summed E-state index contributed by atoms with van der Waals surface area (Å²) in [6.45, 7) is 3.23. The maximum atomic E-state index is 12.8. The monoisotopic (exact) mass is 873 g/mol. The Hall–Kier alpha value is -2.19. The van der Waals surface area contributed by atoms with Crippen molar-refractivity contribution in [3.05, 3.63) is 48.6 Å². The first-order valence-corrected chi connectivity index (χ1v) is 24.4. The fourth-order valence-corrected chi connectivity index (χ4v) is 7.61. The molecule has 1 aliphatic rings. The van der Waals surface area contributed by atoms with E-state index in [0.29, 0.717) is 12.8 Å². The zero-order valence-electron chi connectivity index (χ0n) is 36.7. The number of carbonyl (C=O) groups excluding carboxylic acids is 2. The van der Waals surface area contributed by atoms with E-state index in [1.54, 1.807) is 0 Å². The van der Waals surface area contributed by atoms with Crippen molar-refractivity contribution in [3.63, 3.8) is 0 Å². The zero-order valence-corrected chi connectivity index (χ0v) is 37.6. The third-order valence-electron chi connectivity index (χ3n) is 10.4. The van der Waals surface area contributed by atoms with Gasteiger partial charge in [0.05, 0.1) is 6.61 Å². The number of phosphoric acid groups is 1. The molecule has 0 spiro atoms. The molecule has 0 aromatic rings. The minimum absolute atomic E-state index is 0.0803. The van der Waals surface area contributed by atoms with Crippen LogP contribution in [0.4, 0.5) is 0 Å². The maximum absolute atomic E-state index is 12.8. The van der Waals surface area contributed by atoms with Gasteiger partial charge in [0.15, 0.2) is 6.10 Å². The Bertz CT molecular complexity index is 1240. The SMILES string of the molecule is CCCCC/C=C/C/C=C/C/C=C/CCCCCCC(=O)OC[C@@H](COP(=O)(O)OC1C(O)C(O)C(O)[C@H](O)C1O)OC(=O)CCCCCCC/C=C/CCCCCCC. The third kappa shape index (κ3) is 28.4. The molecule has 0 amide bonds. The van der Waals surface area contributed by atoms with E-state index in [9.17, 15) is 44.6 Å². The van der Waals surface area contributed by atoms with Crippen molar-refractivity contribution in [2.45, 2.75) is 217 Å². The first-order valence-electron chi connectivity index (χ1n) is 22.9. The van der Waals surface area contributed by atoms with E-state index in [1.165, 1.54) is 51.4 Å². The van der Waals surface area contributed by atoms with Gasteiger partial charge >= 0.3 is 19.8 Å². The average molecular weight is 873 g/mol. The Kier molecular flexibility index (Phi) is 33.8. The van der Waals surface area contributed by atoms with Crippen molar-refractivity contribution in [1.29, 1.82) is 0 Å². The predicted molar refractivity (Wildman–Crippen MR) is 235 cm³/mol. The lowest BCUT2D eigenvalue weighted by molar-refractivity contribution is -0.220. The number of phosphoric ester groups is 1. The van der Waals surface area contributed by atoms with E-state index >= 15 is 0 Å². The molecule has 0 saturated heterocycles. The number of esters is 2. The second-order valence-electron chi connectivity index (χ2n) is 15.9. The molecule has 14 heteroatoms. The number of rotatable bonds is 37. The van der Waals surface area contributed by atoms with Crippen LogP contribution in [0.5, 0.6) is 0 Å². The van der Waals surface area contributed by atoms with Gasteiger partial charge in [-0.3, -0.25) is 18.6 Å². The Morgan fingerprint density at radius 3 is 1.42 bits per heavy atom. The second kappa shape index (κ2) is 36.3. The van der Waals surface area contributed by atoms with Crippen LogP contribution in [0.15, 0.2) is 48.6 Å². The molecular weight excluding hydrogens is 791 g/mol. The summed E-state index contributed by atoms with van der Waals surface area (Å²) in [6.07, 6.45) is 28.8. The van der Waals surface area contributed by atoms with Crippen LogP contribution >= 0.6 is 7.82 Å². The smallest absolute Gasteiger partial charge is 0.462 e. The molecule has 0 aromatic carbocycles. The highest BCUT2D eigenvalue weighted by Crippen LogP contribution is 2.47. The van der Waals surface area contributed by atoms with Crippen LogP contribution in [0, 0.1) is 0 Å². The van der Waals surface area contributed by atoms with Gasteiger partial charge in [-0.1, -0.05) is 133 Å². The number of aliphatic hydroxyl groups excluding tert-OH is 5. The van der Waals surface area contributed by atoms with Gasteiger partial charge in [0.25, 0.3) is 0 Å². The highest BCUT2D eigenvalue weighted by molar-refractivity contribution is 7.47. The van der Waals surface area contributed by atoms with E-state index in [0.717, 1.165) is 83.5 Å². The van der Waals surface area contributed by atoms with Gasteiger partial charge in [-0.25, -0.2) is 4.57 Å². The van der Waals surface area contributed by atoms with Crippen LogP contribution in [-0.2, 0) is 32.7 Å². The molecule has 1 fully saturated rings. The van der Waals surface area contributed by atoms with Gasteiger partial charge in [-0.2, -0.15) is 0 Å². The van der Waals surface area contributed by atoms with Crippen LogP contribution in [-0.4, -0.2) is 98.3 Å². The van der Waals surface area contributed by atoms with Gasteiger partial charge in [0, 0.05) is 12.8 Å². The number of allylic oxidation sites excluding steroid dienone is 8. The molecule has 1 saturated carbocycles. The van der Waals surface area contributed by atoms with Crippen LogP contribution < -0.4 is 0 Å². The standard InChI is InChI=1S/C46H81O13P/c1-3-5-7-9-11-13-15-17-19-20-21-23-24-26-28-30-32-34-39(47)56-36-38(37-57-60(54,55)59-46-44(52)42(50)41(49)43(51)45(46)53)58-40(48)35-33-31-29-27-25-22-18-16-14-12-10-8-6-4-2/h11,13,16-19,21,23,38,41-46,49-53H,3-10,12,14-15,20,22,24-37H2,1-2H3,(H,54,55)/b13-11+,18-16+,19-17+,23-21+/t38-,41?,42-,43?,44?,45?,46?/m0/s1. The summed E-state index contributed by atoms with van der Waals surface area (Å²) in [5.41, 5.74) is 0. The lowest BCUT2D eigenvalue weighted by Gasteiger charge is -2.41. The van der Waals surface area contributed by atoms with E-state index < -0.39 is 75.7 Å². The molecule has 1 rings (SSSR count). The van der Waals surface area contributed by atoms with Crippen molar-refractivity contribution in [3.8, 4) is 0 Å². The molecule has 0 radical (unpaired) electrons. The molecular formula is C46H81O13P. The summed E-state index contributed by atoms with van der Waals surface area (Å²) in [5, 5.41) is 50.1. The number of hydrogen-bond acceptors (Lipinski definition) is 12. The fraction of sp³-hybridized carbons (Fsp3) is 0.783. The van der Waals surface area contributed by atoms with Crippen LogP contribution in [0.1, 0.15) is 174 Å². The van der Waals surface area contributed by atoms with Crippen LogP contribution in [0.3, 0.4) is 0 Å². The van der Waals surface area contributed by atoms with Gasteiger partial charge in [-0.15, -0.1) is 0 Å². The van der Waals surface area contributed by atoms with Crippen molar-refractivity contribution in [2.75, 3.05) is 13.2 Å². The number of unbranched alkanes of at least 4 members (excludes halogenated alkanes) is 17. The summed E-state index contributed by atoms with van der Waals surface area (Å²) >= 11 is 0. The summed E-state index contributed by atoms with van der Waals surface area (Å²) in [6, 6.07) is 0. The number of carbonyl (C=O) groups is 2. The van der Waals surface area contributed by atoms with Gasteiger partial charge < -0.3 is 39.9 Å². The van der Waals surface area contributed by atoms with Crippen molar-refractivity contribution < 1.29 is 63.1 Å². The summed E-state index contributed by atoms with van der Waals surface area (Å²) in [5.74, 6) is -1.14. The van der Waals surface area contributed by atoms with Crippen LogP contribution in [0.25, 0.3) is 0 Å². The van der Waals surface area contributed by atoms with E-state index in [-0.39, 0.29) is 12.8 Å². The van der Waals surface area contributed by atoms with Crippen molar-refractivity contribution in [1.82, 2.24) is 0 Å². The minimum atomic E-state index is -5.12. The zero-order chi connectivity index (χ0) is 44.3. The molecule has 6 N–H and O–H groups in total. The Morgan fingerprint density at radius 2 is 0.900 bits per heavy atom. The fourth-order valence-electron chi connectivity index (χ4n) is 6.64.